The Morgan fingerprint density at radius 1 is 1.17 bits per heavy atom. The lowest BCUT2D eigenvalue weighted by atomic mass is 9.87. The highest BCUT2D eigenvalue weighted by molar-refractivity contribution is 7.91. The van der Waals surface area contributed by atoms with Crippen molar-refractivity contribution in [1.29, 1.82) is 0 Å². The standard InChI is InChI=1S/C26H31N9O5S/c1-39-7-8-40-13-17-4-3-15(11-28-17)20-12-31-35-23(27)22(41(2,37)38)21(32-25(20)35)16-9-18-5-6-19(10-16)34(18)26(36)24-29-14-30-33-24/h3-4,11-12,14,16,18-19H,5-10,13,27H2,1-2H3,(H,29,30,33)/t16-,18-,19+. The number of ether oxygens (including phenoxy) is 2. The maximum absolute atomic E-state index is 13.1. The molecule has 2 fully saturated rings. The molecule has 216 valence electrons. The molecule has 3 N–H and O–H groups in total. The number of sulfone groups is 1. The van der Waals surface area contributed by atoms with Crippen LogP contribution in [0.25, 0.3) is 16.8 Å². The number of carbonyl (C=O) groups excluding carboxylic acids is 1. The van der Waals surface area contributed by atoms with E-state index in [0.29, 0.717) is 49.6 Å². The largest absolute Gasteiger partial charge is 0.382 e. The van der Waals surface area contributed by atoms with Gasteiger partial charge in [-0.3, -0.25) is 9.78 Å². The first-order chi connectivity index (χ1) is 19.8. The maximum atomic E-state index is 13.1. The van der Waals surface area contributed by atoms with E-state index in [1.807, 2.05) is 17.0 Å². The number of pyridine rings is 1. The normalized spacial score (nSPS) is 20.6. The summed E-state index contributed by atoms with van der Waals surface area (Å²) in [6, 6.07) is 3.61. The van der Waals surface area contributed by atoms with Crippen molar-refractivity contribution in [1.82, 2.24) is 39.7 Å². The molecule has 0 unspecified atom stereocenters. The van der Waals surface area contributed by atoms with E-state index in [1.165, 1.54) is 10.8 Å². The van der Waals surface area contributed by atoms with E-state index in [4.69, 9.17) is 20.2 Å². The number of nitrogens with one attached hydrogen (secondary N) is 1. The van der Waals surface area contributed by atoms with Gasteiger partial charge in [0.05, 0.1) is 37.4 Å². The van der Waals surface area contributed by atoms with E-state index >= 15 is 0 Å². The number of nitrogens with zero attached hydrogens (tertiary/aromatic N) is 7. The van der Waals surface area contributed by atoms with E-state index in [1.54, 1.807) is 19.5 Å². The number of nitrogens with two attached hydrogens (primary N) is 1. The van der Waals surface area contributed by atoms with Crippen LogP contribution in [-0.2, 0) is 25.9 Å². The van der Waals surface area contributed by atoms with Crippen LogP contribution >= 0.6 is 0 Å². The number of nitrogen functional groups attached to an aromatic ring is 1. The van der Waals surface area contributed by atoms with Crippen molar-refractivity contribution in [2.75, 3.05) is 32.3 Å². The Morgan fingerprint density at radius 2 is 1.95 bits per heavy atom. The molecule has 0 aromatic carbocycles. The van der Waals surface area contributed by atoms with Gasteiger partial charge in [-0.1, -0.05) is 6.07 Å². The molecule has 14 nitrogen and oxygen atoms in total. The summed E-state index contributed by atoms with van der Waals surface area (Å²) in [6.07, 6.45) is 8.59. The molecule has 3 atom stereocenters. The van der Waals surface area contributed by atoms with E-state index in [9.17, 15) is 13.2 Å². The van der Waals surface area contributed by atoms with Crippen molar-refractivity contribution in [3.8, 4) is 11.1 Å². The lowest BCUT2D eigenvalue weighted by molar-refractivity contribution is 0.0556. The highest BCUT2D eigenvalue weighted by atomic mass is 32.2. The third-order valence-electron chi connectivity index (χ3n) is 7.83. The molecule has 2 aliphatic heterocycles. The van der Waals surface area contributed by atoms with Gasteiger partial charge in [0.2, 0.25) is 5.82 Å². The Kier molecular flexibility index (Phi) is 7.17. The second-order valence-corrected chi connectivity index (χ2v) is 12.4. The minimum atomic E-state index is -3.75. The molecule has 6 heterocycles. The van der Waals surface area contributed by atoms with Crippen molar-refractivity contribution in [3.05, 3.63) is 48.1 Å². The van der Waals surface area contributed by atoms with Gasteiger partial charge in [0.1, 0.15) is 17.0 Å². The predicted molar refractivity (Wildman–Crippen MR) is 147 cm³/mol. The molecule has 4 aromatic heterocycles. The highest BCUT2D eigenvalue weighted by Gasteiger charge is 2.46. The van der Waals surface area contributed by atoms with Crippen molar-refractivity contribution >= 4 is 27.2 Å². The number of amides is 1. The van der Waals surface area contributed by atoms with Gasteiger partial charge in [-0.05, 0) is 31.7 Å². The molecule has 0 aliphatic carbocycles. The molecule has 0 saturated carbocycles. The van der Waals surface area contributed by atoms with Crippen LogP contribution in [0.15, 0.2) is 35.7 Å². The summed E-state index contributed by atoms with van der Waals surface area (Å²) < 4.78 is 38.0. The topological polar surface area (TPSA) is 184 Å². The van der Waals surface area contributed by atoms with Gasteiger partial charge in [0, 0.05) is 48.7 Å². The monoisotopic (exact) mass is 581 g/mol. The smallest absolute Gasteiger partial charge is 0.292 e. The lowest BCUT2D eigenvalue weighted by Gasteiger charge is -2.38. The van der Waals surface area contributed by atoms with Gasteiger partial charge < -0.3 is 25.1 Å². The minimum Gasteiger partial charge on any atom is -0.382 e. The number of fused-ring (bicyclic) bond motifs is 3. The Balaban J connectivity index is 1.34. The van der Waals surface area contributed by atoms with Crippen LogP contribution in [0, 0.1) is 0 Å². The van der Waals surface area contributed by atoms with Crippen LogP contribution in [0.5, 0.6) is 0 Å². The summed E-state index contributed by atoms with van der Waals surface area (Å²) in [6.45, 7) is 1.33. The lowest BCUT2D eigenvalue weighted by Crippen LogP contribution is -2.46. The fourth-order valence-corrected chi connectivity index (χ4v) is 7.09. The molecular formula is C26H31N9O5S. The second kappa shape index (κ2) is 10.8. The fourth-order valence-electron chi connectivity index (χ4n) is 6.03. The first-order valence-electron chi connectivity index (χ1n) is 13.3. The molecule has 2 saturated heterocycles. The molecule has 15 heteroatoms. The number of aromatic nitrogens is 7. The zero-order valence-corrected chi connectivity index (χ0v) is 23.5. The number of hydrogen-bond acceptors (Lipinski definition) is 11. The Bertz CT molecular complexity index is 1660. The summed E-state index contributed by atoms with van der Waals surface area (Å²) in [5, 5.41) is 12.0. The Morgan fingerprint density at radius 3 is 2.59 bits per heavy atom. The number of methoxy groups -OCH3 is 1. The van der Waals surface area contributed by atoms with Gasteiger partial charge in [-0.25, -0.2) is 13.4 Å². The summed E-state index contributed by atoms with van der Waals surface area (Å²) in [4.78, 5) is 27.2. The fraction of sp³-hybridized carbons (Fsp3) is 0.462. The second-order valence-electron chi connectivity index (χ2n) is 10.5. The van der Waals surface area contributed by atoms with Crippen LogP contribution < -0.4 is 5.73 Å². The molecule has 4 aromatic rings. The van der Waals surface area contributed by atoms with Gasteiger partial charge in [0.25, 0.3) is 5.91 Å². The van der Waals surface area contributed by atoms with Crippen LogP contribution in [0.2, 0.25) is 0 Å². The van der Waals surface area contributed by atoms with E-state index in [2.05, 4.69) is 25.3 Å². The first-order valence-corrected chi connectivity index (χ1v) is 15.2. The molecule has 0 spiro atoms. The number of rotatable bonds is 9. The van der Waals surface area contributed by atoms with Gasteiger partial charge in [0.15, 0.2) is 15.5 Å². The number of hydrogen-bond donors (Lipinski definition) is 2. The summed E-state index contributed by atoms with van der Waals surface area (Å²) >= 11 is 0. The quantitative estimate of drug-likeness (QED) is 0.274. The molecule has 6 rings (SSSR count). The molecule has 1 amide bonds. The van der Waals surface area contributed by atoms with Crippen molar-refractivity contribution in [3.63, 3.8) is 0 Å². The summed E-state index contributed by atoms with van der Waals surface area (Å²) in [5.74, 6) is -0.193. The van der Waals surface area contributed by atoms with Crippen LogP contribution in [-0.4, -0.2) is 92.7 Å². The third kappa shape index (κ3) is 5.04. The minimum absolute atomic E-state index is 0.0132. The molecule has 41 heavy (non-hydrogen) atoms. The van der Waals surface area contributed by atoms with Gasteiger partial charge >= 0.3 is 0 Å². The van der Waals surface area contributed by atoms with Crippen LogP contribution in [0.1, 0.15) is 53.6 Å². The van der Waals surface area contributed by atoms with Gasteiger partial charge in [-0.15, -0.1) is 10.2 Å². The highest BCUT2D eigenvalue weighted by Crippen LogP contribution is 2.45. The van der Waals surface area contributed by atoms with Crippen molar-refractivity contribution in [2.24, 2.45) is 0 Å². The van der Waals surface area contributed by atoms with Crippen LogP contribution in [0.4, 0.5) is 5.82 Å². The zero-order valence-electron chi connectivity index (χ0n) is 22.7. The first kappa shape index (κ1) is 27.2. The number of piperidine rings is 1. The maximum Gasteiger partial charge on any atom is 0.292 e. The molecule has 2 aliphatic rings. The van der Waals surface area contributed by atoms with E-state index in [-0.39, 0.29) is 40.4 Å². The van der Waals surface area contributed by atoms with E-state index in [0.717, 1.165) is 30.4 Å². The zero-order chi connectivity index (χ0) is 28.7. The van der Waals surface area contributed by atoms with Crippen molar-refractivity contribution in [2.45, 2.75) is 55.2 Å². The molecular weight excluding hydrogens is 550 g/mol. The van der Waals surface area contributed by atoms with Gasteiger partial charge in [-0.2, -0.15) is 9.61 Å². The SMILES string of the molecule is COCCOCc1ccc(-c2cnn3c(N)c(S(C)(=O)=O)c([C@@H]4C[C@H]5CC[C@@H](C4)N5C(=O)c4nnc[nH]4)nc23)cn1. The molecule has 2 bridgehead atoms. The number of carbonyl (C=O) groups is 1. The average Bonchev–Trinajstić information content (AvgIpc) is 3.69. The summed E-state index contributed by atoms with van der Waals surface area (Å²) in [7, 11) is -2.13. The summed E-state index contributed by atoms with van der Waals surface area (Å²) in [5.41, 5.74) is 9.55. The average molecular weight is 582 g/mol. The Labute approximate surface area is 236 Å². The number of H-pyrrole nitrogens is 1. The third-order valence-corrected chi connectivity index (χ3v) is 8.99. The number of anilines is 1. The Hall–Kier alpha value is -3.95. The molecule has 0 radical (unpaired) electrons. The predicted octanol–water partition coefficient (Wildman–Crippen LogP) is 1.61. The number of aromatic amines is 1. The van der Waals surface area contributed by atoms with Crippen molar-refractivity contribution < 1.29 is 22.7 Å². The van der Waals surface area contributed by atoms with E-state index < -0.39 is 9.84 Å². The van der Waals surface area contributed by atoms with Crippen LogP contribution in [0.3, 0.4) is 0 Å².